The molecule has 1 aromatic carbocycles. The maximum absolute atomic E-state index is 12.8. The highest BCUT2D eigenvalue weighted by atomic mass is 16.2. The number of rotatable bonds is 1. The van der Waals surface area contributed by atoms with Crippen LogP contribution in [0.1, 0.15) is 25.4 Å². The molecule has 0 radical (unpaired) electrons. The zero-order valence-electron chi connectivity index (χ0n) is 11.6. The number of aromatic nitrogens is 3. The maximum atomic E-state index is 12.8. The maximum Gasteiger partial charge on any atom is 0.352 e. The van der Waals surface area contributed by atoms with E-state index in [0.717, 1.165) is 18.3 Å². The first-order valence-electron chi connectivity index (χ1n) is 7.67. The quantitative estimate of drug-likeness (QED) is 0.788. The SMILES string of the molecule is C[C@]12[C@H]3[C@H]4[C@@H](C[C@@H]31)n1c(=O)n(-c3ccccc3)c(=O)n1[C@@H]42. The van der Waals surface area contributed by atoms with Crippen LogP contribution in [0.2, 0.25) is 0 Å². The minimum absolute atomic E-state index is 0.157. The lowest BCUT2D eigenvalue weighted by Gasteiger charge is -2.39. The van der Waals surface area contributed by atoms with E-state index in [0.29, 0.717) is 17.0 Å². The van der Waals surface area contributed by atoms with Gasteiger partial charge in [-0.05, 0) is 35.8 Å². The summed E-state index contributed by atoms with van der Waals surface area (Å²) in [4.78, 5) is 25.7. The van der Waals surface area contributed by atoms with Gasteiger partial charge in [-0.1, -0.05) is 25.1 Å². The van der Waals surface area contributed by atoms with E-state index in [-0.39, 0.29) is 23.5 Å². The largest absolute Gasteiger partial charge is 0.352 e. The van der Waals surface area contributed by atoms with Crippen molar-refractivity contribution in [3.8, 4) is 5.69 Å². The normalized spacial score (nSPS) is 43.4. The molecule has 5 heteroatoms. The van der Waals surface area contributed by atoms with Crippen molar-refractivity contribution in [3.63, 3.8) is 0 Å². The molecule has 5 nitrogen and oxygen atoms in total. The summed E-state index contributed by atoms with van der Waals surface area (Å²) in [7, 11) is 0. The summed E-state index contributed by atoms with van der Waals surface area (Å²) < 4.78 is 4.90. The molecule has 6 rings (SSSR count). The van der Waals surface area contributed by atoms with Crippen molar-refractivity contribution in [3.05, 3.63) is 51.3 Å². The molecule has 21 heavy (non-hydrogen) atoms. The van der Waals surface area contributed by atoms with Crippen LogP contribution in [0.15, 0.2) is 39.9 Å². The van der Waals surface area contributed by atoms with Gasteiger partial charge in [0, 0.05) is 5.92 Å². The molecule has 0 bridgehead atoms. The van der Waals surface area contributed by atoms with Crippen molar-refractivity contribution < 1.29 is 0 Å². The Morgan fingerprint density at radius 3 is 2.52 bits per heavy atom. The van der Waals surface area contributed by atoms with E-state index < -0.39 is 0 Å². The van der Waals surface area contributed by atoms with Crippen molar-refractivity contribution in [2.45, 2.75) is 25.4 Å². The molecule has 1 aliphatic heterocycles. The van der Waals surface area contributed by atoms with E-state index in [4.69, 9.17) is 0 Å². The lowest BCUT2D eigenvalue weighted by molar-refractivity contribution is 0.0768. The Hall–Kier alpha value is -2.04. The Balaban J connectivity index is 1.66. The second kappa shape index (κ2) is 2.80. The minimum Gasteiger partial charge on any atom is -0.245 e. The van der Waals surface area contributed by atoms with Gasteiger partial charge in [-0.15, -0.1) is 0 Å². The van der Waals surface area contributed by atoms with Crippen LogP contribution < -0.4 is 11.4 Å². The minimum atomic E-state index is -0.158. The van der Waals surface area contributed by atoms with Gasteiger partial charge in [-0.3, -0.25) is 0 Å². The molecule has 0 N–H and O–H groups in total. The van der Waals surface area contributed by atoms with E-state index in [1.165, 1.54) is 4.57 Å². The zero-order valence-corrected chi connectivity index (χ0v) is 11.6. The number of fused-ring (bicyclic) bond motifs is 5. The molecule has 6 atom stereocenters. The number of nitrogens with zero attached hydrogens (tertiary/aromatic N) is 3. The van der Waals surface area contributed by atoms with Crippen LogP contribution in [0.25, 0.3) is 5.69 Å². The smallest absolute Gasteiger partial charge is 0.245 e. The van der Waals surface area contributed by atoms with Gasteiger partial charge in [0.15, 0.2) is 0 Å². The first-order chi connectivity index (χ1) is 10.2. The first-order valence-corrected chi connectivity index (χ1v) is 7.67. The number of hydrogen-bond donors (Lipinski definition) is 0. The van der Waals surface area contributed by atoms with Crippen molar-refractivity contribution in [1.29, 1.82) is 0 Å². The van der Waals surface area contributed by atoms with Gasteiger partial charge in [0.25, 0.3) is 0 Å². The second-order valence-corrected chi connectivity index (χ2v) is 7.25. The topological polar surface area (TPSA) is 48.9 Å². The zero-order chi connectivity index (χ0) is 14.1. The van der Waals surface area contributed by atoms with E-state index in [9.17, 15) is 9.59 Å². The van der Waals surface area contributed by atoms with E-state index in [1.807, 2.05) is 30.3 Å². The van der Waals surface area contributed by atoms with Gasteiger partial charge in [0.2, 0.25) is 0 Å². The predicted molar refractivity (Wildman–Crippen MR) is 75.6 cm³/mol. The summed E-state index contributed by atoms with van der Waals surface area (Å²) >= 11 is 0. The molecule has 3 fully saturated rings. The van der Waals surface area contributed by atoms with E-state index in [2.05, 4.69) is 6.92 Å². The molecule has 3 aliphatic carbocycles. The van der Waals surface area contributed by atoms with Crippen LogP contribution in [0.4, 0.5) is 0 Å². The van der Waals surface area contributed by atoms with Crippen LogP contribution in [0.5, 0.6) is 0 Å². The van der Waals surface area contributed by atoms with Gasteiger partial charge in [-0.25, -0.2) is 23.5 Å². The molecular formula is C16H15N3O2. The Bertz CT molecular complexity index is 915. The van der Waals surface area contributed by atoms with Crippen molar-refractivity contribution in [2.75, 3.05) is 0 Å². The van der Waals surface area contributed by atoms with E-state index >= 15 is 0 Å². The lowest BCUT2D eigenvalue weighted by atomic mass is 9.66. The predicted octanol–water partition coefficient (Wildman–Crippen LogP) is 1.18. The highest BCUT2D eigenvalue weighted by Gasteiger charge is 2.87. The van der Waals surface area contributed by atoms with Crippen LogP contribution >= 0.6 is 0 Å². The van der Waals surface area contributed by atoms with Crippen molar-refractivity contribution >= 4 is 0 Å². The third-order valence-electron chi connectivity index (χ3n) is 6.80. The van der Waals surface area contributed by atoms with Gasteiger partial charge in [0.05, 0.1) is 17.8 Å². The molecular weight excluding hydrogens is 266 g/mol. The Morgan fingerprint density at radius 1 is 1.10 bits per heavy atom. The molecule has 4 aliphatic rings. The third kappa shape index (κ3) is 0.836. The molecule has 0 unspecified atom stereocenters. The Morgan fingerprint density at radius 2 is 1.81 bits per heavy atom. The average molecular weight is 281 g/mol. The average Bonchev–Trinajstić information content (AvgIpc) is 2.79. The van der Waals surface area contributed by atoms with Crippen molar-refractivity contribution in [2.24, 2.45) is 23.2 Å². The number of para-hydroxylation sites is 1. The fourth-order valence-corrected chi connectivity index (χ4v) is 6.03. The Labute approximate surface area is 120 Å². The second-order valence-electron chi connectivity index (χ2n) is 7.25. The summed E-state index contributed by atoms with van der Waals surface area (Å²) in [6, 6.07) is 9.78. The molecule has 2 aromatic rings. The van der Waals surface area contributed by atoms with Crippen LogP contribution in [-0.2, 0) is 0 Å². The summed E-state index contributed by atoms with van der Waals surface area (Å²) in [5, 5.41) is 0. The third-order valence-corrected chi connectivity index (χ3v) is 6.80. The molecule has 2 heterocycles. The highest BCUT2D eigenvalue weighted by molar-refractivity contribution is 5.36. The monoisotopic (exact) mass is 281 g/mol. The molecule has 3 saturated carbocycles. The molecule has 0 spiro atoms. The van der Waals surface area contributed by atoms with Gasteiger partial charge >= 0.3 is 11.4 Å². The summed E-state index contributed by atoms with van der Waals surface area (Å²) in [6.07, 6.45) is 1.08. The molecule has 0 amide bonds. The highest BCUT2D eigenvalue weighted by Crippen LogP contribution is 2.89. The van der Waals surface area contributed by atoms with Crippen LogP contribution in [0.3, 0.4) is 0 Å². The van der Waals surface area contributed by atoms with Gasteiger partial charge in [0.1, 0.15) is 0 Å². The van der Waals surface area contributed by atoms with Gasteiger partial charge in [-0.2, -0.15) is 0 Å². The first kappa shape index (κ1) is 10.7. The molecule has 1 aromatic heterocycles. The van der Waals surface area contributed by atoms with Crippen LogP contribution in [0, 0.1) is 23.2 Å². The molecule has 0 saturated heterocycles. The summed E-state index contributed by atoms with van der Waals surface area (Å²) in [5.41, 5.74) is 0.648. The standard InChI is InChI=1S/C16H15N3O2/c1-16-9-7-10-11(12(9)16)13(16)19-15(21)17(14(20)18(10)19)8-5-3-2-4-6-8/h2-6,9-13H,7H2,1H3/t9-,10+,11+,12+,13-,16+/m0/s1. The number of benzene rings is 1. The molecule has 106 valence electrons. The number of hydrogen-bond acceptors (Lipinski definition) is 2. The lowest BCUT2D eigenvalue weighted by Crippen LogP contribution is -2.42. The fourth-order valence-electron chi connectivity index (χ4n) is 6.03. The Kier molecular flexibility index (Phi) is 1.42. The van der Waals surface area contributed by atoms with E-state index in [1.54, 1.807) is 9.36 Å². The van der Waals surface area contributed by atoms with Crippen molar-refractivity contribution in [1.82, 2.24) is 13.9 Å². The van der Waals surface area contributed by atoms with Gasteiger partial charge < -0.3 is 0 Å². The summed E-state index contributed by atoms with van der Waals surface area (Å²) in [6.45, 7) is 2.30. The fraction of sp³-hybridized carbons (Fsp3) is 0.500. The summed E-state index contributed by atoms with van der Waals surface area (Å²) in [5.74, 6) is 2.06. The van der Waals surface area contributed by atoms with Crippen LogP contribution in [-0.4, -0.2) is 13.9 Å².